The molecule has 4 aliphatic rings. The number of pyridine rings is 1. The Morgan fingerprint density at radius 2 is 1.91 bits per heavy atom. The van der Waals surface area contributed by atoms with Crippen molar-refractivity contribution in [3.63, 3.8) is 0 Å². The normalized spacial score (nSPS) is 23.8. The van der Waals surface area contributed by atoms with E-state index in [0.29, 0.717) is 41.5 Å². The molecular formula is C33H37FN8O2S. The van der Waals surface area contributed by atoms with E-state index in [-0.39, 0.29) is 28.8 Å². The molecule has 3 N–H and O–H groups in total. The van der Waals surface area contributed by atoms with Gasteiger partial charge in [0.1, 0.15) is 16.9 Å². The van der Waals surface area contributed by atoms with Crippen LogP contribution in [0.15, 0.2) is 6.20 Å². The van der Waals surface area contributed by atoms with Crippen molar-refractivity contribution in [2.24, 2.45) is 5.92 Å². The number of aliphatic hydroxyl groups is 1. The van der Waals surface area contributed by atoms with Crippen molar-refractivity contribution in [2.45, 2.75) is 71.4 Å². The predicted octanol–water partition coefficient (Wildman–Crippen LogP) is 4.72. The lowest BCUT2D eigenvalue weighted by molar-refractivity contribution is 0.111. The van der Waals surface area contributed by atoms with E-state index in [1.54, 1.807) is 0 Å². The zero-order valence-electron chi connectivity index (χ0n) is 25.8. The molecule has 1 aromatic carbocycles. The van der Waals surface area contributed by atoms with Gasteiger partial charge >= 0.3 is 0 Å². The quantitative estimate of drug-likeness (QED) is 0.321. The number of hydrogen-bond donors (Lipinski definition) is 2. The number of piperazine rings is 1. The van der Waals surface area contributed by atoms with Gasteiger partial charge in [-0.1, -0.05) is 6.92 Å². The van der Waals surface area contributed by atoms with Crippen molar-refractivity contribution in [1.29, 1.82) is 5.26 Å². The summed E-state index contributed by atoms with van der Waals surface area (Å²) in [5, 5.41) is 21.9. The minimum atomic E-state index is -0.487. The van der Waals surface area contributed by atoms with Crippen LogP contribution in [0.4, 0.5) is 21.2 Å². The van der Waals surface area contributed by atoms with E-state index in [4.69, 9.17) is 20.4 Å². The summed E-state index contributed by atoms with van der Waals surface area (Å²) in [6.07, 6.45) is 4.11. The fraction of sp³-hybridized carbons (Fsp3) is 0.515. The Balaban J connectivity index is 1.38. The Morgan fingerprint density at radius 3 is 2.60 bits per heavy atom. The van der Waals surface area contributed by atoms with Gasteiger partial charge in [-0.2, -0.15) is 10.2 Å². The van der Waals surface area contributed by atoms with Crippen LogP contribution in [-0.2, 0) is 18.0 Å². The fourth-order valence-corrected chi connectivity index (χ4v) is 9.14. The zero-order valence-corrected chi connectivity index (χ0v) is 26.6. The first-order valence-corrected chi connectivity index (χ1v) is 16.7. The zero-order chi connectivity index (χ0) is 31.1. The van der Waals surface area contributed by atoms with Crippen LogP contribution in [0.2, 0.25) is 0 Å². The van der Waals surface area contributed by atoms with Gasteiger partial charge in [-0.15, -0.1) is 11.3 Å². The number of thiophene rings is 1. The first kappa shape index (κ1) is 28.8. The smallest absolute Gasteiger partial charge is 0.227 e. The van der Waals surface area contributed by atoms with Crippen molar-refractivity contribution in [1.82, 2.24) is 19.9 Å². The molecule has 2 bridgehead atoms. The van der Waals surface area contributed by atoms with Crippen LogP contribution in [0.25, 0.3) is 32.2 Å². The Hall–Kier alpha value is -3.63. The second-order valence-corrected chi connectivity index (χ2v) is 14.4. The van der Waals surface area contributed by atoms with Gasteiger partial charge in [0.05, 0.1) is 47.0 Å². The summed E-state index contributed by atoms with van der Waals surface area (Å²) < 4.78 is 21.5. The number of nitrogen functional groups attached to an aromatic ring is 1. The van der Waals surface area contributed by atoms with Crippen LogP contribution in [0.1, 0.15) is 55.4 Å². The molecule has 4 aliphatic heterocycles. The van der Waals surface area contributed by atoms with E-state index in [1.165, 1.54) is 6.20 Å². The first-order chi connectivity index (χ1) is 21.7. The average molecular weight is 629 g/mol. The number of hydrogen-bond acceptors (Lipinski definition) is 11. The van der Waals surface area contributed by atoms with Gasteiger partial charge < -0.3 is 25.4 Å². The summed E-state index contributed by atoms with van der Waals surface area (Å²) in [5.74, 6) is 1.77. The molecule has 4 unspecified atom stereocenters. The number of nitrogens with two attached hydrogens (primary N) is 1. The molecule has 0 aliphatic carbocycles. The predicted molar refractivity (Wildman–Crippen MR) is 174 cm³/mol. The average Bonchev–Trinajstić information content (AvgIpc) is 3.79. The number of ether oxygens (including phenoxy) is 1. The number of β-amino-alcohol motifs (C(OH)–C–C–N with tert-alkyl or cyclic N) is 1. The van der Waals surface area contributed by atoms with Gasteiger partial charge in [-0.05, 0) is 55.7 Å². The van der Waals surface area contributed by atoms with Crippen LogP contribution >= 0.6 is 11.3 Å². The molecule has 234 valence electrons. The summed E-state index contributed by atoms with van der Waals surface area (Å²) in [5.41, 5.74) is 11.6. The van der Waals surface area contributed by atoms with Gasteiger partial charge in [-0.25, -0.2) is 9.37 Å². The van der Waals surface area contributed by atoms with Crippen LogP contribution in [0.5, 0.6) is 0 Å². The Labute approximate surface area is 265 Å². The van der Waals surface area contributed by atoms with Crippen molar-refractivity contribution in [2.75, 3.05) is 48.3 Å². The lowest BCUT2D eigenvalue weighted by atomic mass is 9.89. The van der Waals surface area contributed by atoms with Crippen molar-refractivity contribution in [3.8, 4) is 17.3 Å². The third-order valence-electron chi connectivity index (χ3n) is 10.1. The Kier molecular flexibility index (Phi) is 6.87. The number of aryl methyl sites for hydroxylation is 1. The van der Waals surface area contributed by atoms with E-state index >= 15 is 4.39 Å². The number of nitrogens with zero attached hydrogens (tertiary/aromatic N) is 7. The monoisotopic (exact) mass is 628 g/mol. The van der Waals surface area contributed by atoms with Crippen LogP contribution in [0, 0.1) is 30.0 Å². The summed E-state index contributed by atoms with van der Waals surface area (Å²) in [6.45, 7) is 11.2. The van der Waals surface area contributed by atoms with Gasteiger partial charge in [0.15, 0.2) is 5.82 Å². The number of rotatable bonds is 5. The van der Waals surface area contributed by atoms with E-state index < -0.39 is 5.82 Å². The topological polar surface area (TPSA) is 128 Å². The van der Waals surface area contributed by atoms with Crippen molar-refractivity contribution < 1.29 is 14.2 Å². The van der Waals surface area contributed by atoms with Crippen LogP contribution in [-0.4, -0.2) is 75.9 Å². The number of anilines is 3. The van der Waals surface area contributed by atoms with E-state index in [9.17, 15) is 10.4 Å². The fourth-order valence-electron chi connectivity index (χ4n) is 8.22. The Morgan fingerprint density at radius 1 is 1.16 bits per heavy atom. The third-order valence-corrected chi connectivity index (χ3v) is 11.2. The highest BCUT2D eigenvalue weighted by Gasteiger charge is 2.43. The van der Waals surface area contributed by atoms with Crippen LogP contribution in [0.3, 0.4) is 0 Å². The highest BCUT2D eigenvalue weighted by atomic mass is 32.1. The summed E-state index contributed by atoms with van der Waals surface area (Å²) in [7, 11) is 0. The second kappa shape index (κ2) is 10.7. The van der Waals surface area contributed by atoms with Crippen LogP contribution < -0.4 is 15.5 Å². The number of benzene rings is 1. The number of likely N-dealkylation sites (tertiary alicyclic amines) is 1. The van der Waals surface area contributed by atoms with Crippen molar-refractivity contribution >= 4 is 49.1 Å². The minimum absolute atomic E-state index is 0.255. The number of aliphatic hydroxyl groups excluding tert-OH is 1. The lowest BCUT2D eigenvalue weighted by Gasteiger charge is -2.43. The molecule has 45 heavy (non-hydrogen) atoms. The summed E-state index contributed by atoms with van der Waals surface area (Å²) in [4.78, 5) is 22.5. The van der Waals surface area contributed by atoms with E-state index in [0.717, 1.165) is 102 Å². The maximum Gasteiger partial charge on any atom is 0.227 e. The maximum absolute atomic E-state index is 15.0. The number of halogens is 1. The summed E-state index contributed by atoms with van der Waals surface area (Å²) in [6, 6.07) is 2.78. The molecule has 0 spiro atoms. The van der Waals surface area contributed by atoms with E-state index in [1.807, 2.05) is 6.92 Å². The lowest BCUT2D eigenvalue weighted by Crippen LogP contribution is -2.55. The summed E-state index contributed by atoms with van der Waals surface area (Å²) >= 11 is 1.08. The molecule has 0 amide bonds. The standard InChI is InChI=1S/C33H37FN8O2S/c1-16-6-7-41(10-16)33-38-28-18(3)25(29-26-21(8-35)31(36)45-30(26)24(34)9-37-29)22-14-44-15-23(22)27(28)32(39-33)42-19-4-5-20(42)13-40(12-19)11-17(2)43/h9,16-17,19-20,43H,4-7,10-15,36H2,1-3H3. The van der Waals surface area contributed by atoms with E-state index in [2.05, 4.69) is 39.6 Å². The SMILES string of the molecule is Cc1c(-c2ncc(F)c3sc(N)c(C#N)c23)c2c(c3c(N4C5CCC4CN(CC(C)O)C5)nc(N4CCC(C)C4)nc13)COC2. The first-order valence-electron chi connectivity index (χ1n) is 15.9. The molecule has 0 radical (unpaired) electrons. The molecule has 3 fully saturated rings. The minimum Gasteiger partial charge on any atom is -0.392 e. The van der Waals surface area contributed by atoms with Gasteiger partial charge in [0.2, 0.25) is 5.95 Å². The number of nitriles is 1. The maximum atomic E-state index is 15.0. The second-order valence-electron chi connectivity index (χ2n) is 13.3. The van der Waals surface area contributed by atoms with Gasteiger partial charge in [-0.3, -0.25) is 9.88 Å². The molecule has 12 heteroatoms. The molecule has 0 saturated carbocycles. The molecule has 4 atom stereocenters. The van der Waals surface area contributed by atoms with Crippen molar-refractivity contribution in [3.05, 3.63) is 34.3 Å². The Bertz CT molecular complexity index is 1890. The number of aromatic nitrogens is 3. The largest absolute Gasteiger partial charge is 0.392 e. The van der Waals surface area contributed by atoms with Gasteiger partial charge in [0, 0.05) is 61.1 Å². The van der Waals surface area contributed by atoms with Gasteiger partial charge in [0.25, 0.3) is 0 Å². The highest BCUT2D eigenvalue weighted by molar-refractivity contribution is 7.23. The highest BCUT2D eigenvalue weighted by Crippen LogP contribution is 2.48. The molecule has 3 aromatic heterocycles. The molecule has 3 saturated heterocycles. The molecular weight excluding hydrogens is 591 g/mol. The molecule has 8 rings (SSSR count). The molecule has 4 aromatic rings. The molecule has 10 nitrogen and oxygen atoms in total. The third kappa shape index (κ3) is 4.47. The number of fused-ring (bicyclic) bond motifs is 6. The molecule has 7 heterocycles.